The van der Waals surface area contributed by atoms with Gasteiger partial charge >= 0.3 is 0 Å². The van der Waals surface area contributed by atoms with Crippen LogP contribution in [0, 0.1) is 5.92 Å². The lowest BCUT2D eigenvalue weighted by molar-refractivity contribution is 0.166. The van der Waals surface area contributed by atoms with Crippen molar-refractivity contribution in [2.45, 2.75) is 39.5 Å². The van der Waals surface area contributed by atoms with Gasteiger partial charge in [-0.3, -0.25) is 4.90 Å². The molecule has 0 fully saturated rings. The molecular formula is C17H26N4S. The van der Waals surface area contributed by atoms with Crippen molar-refractivity contribution in [3.05, 3.63) is 40.6 Å². The molecule has 2 aromatic heterocycles. The highest BCUT2D eigenvalue weighted by molar-refractivity contribution is 7.07. The van der Waals surface area contributed by atoms with E-state index in [9.17, 15) is 0 Å². The van der Waals surface area contributed by atoms with E-state index in [0.29, 0.717) is 12.0 Å². The lowest BCUT2D eigenvalue weighted by atomic mass is 10.1. The minimum atomic E-state index is 0.593. The van der Waals surface area contributed by atoms with Crippen LogP contribution in [-0.2, 0) is 19.6 Å². The molecule has 0 bridgehead atoms. The van der Waals surface area contributed by atoms with Gasteiger partial charge in [-0.15, -0.1) is 0 Å². The van der Waals surface area contributed by atoms with Gasteiger partial charge in [-0.2, -0.15) is 11.3 Å². The van der Waals surface area contributed by atoms with Crippen LogP contribution in [0.1, 0.15) is 25.2 Å². The molecule has 1 atom stereocenters. The van der Waals surface area contributed by atoms with Gasteiger partial charge in [0, 0.05) is 50.5 Å². The quantitative estimate of drug-likeness (QED) is 0.847. The van der Waals surface area contributed by atoms with E-state index in [1.807, 2.05) is 6.20 Å². The maximum atomic E-state index is 4.56. The summed E-state index contributed by atoms with van der Waals surface area (Å²) in [5.74, 6) is 1.84. The van der Waals surface area contributed by atoms with Crippen molar-refractivity contribution in [2.75, 3.05) is 20.1 Å². The Bertz CT molecular complexity index is 575. The van der Waals surface area contributed by atoms with Crippen molar-refractivity contribution in [3.63, 3.8) is 0 Å². The number of fused-ring (bicyclic) bond motifs is 1. The standard InChI is InChI=1S/C17H26N4S/c1-14(2)19(3)8-16-10-20(9-15-4-7-22-13-15)12-17-18-5-6-21(17)11-16/h4-7,13-14,16H,8-12H2,1-3H3/t16-/m0/s1. The first-order valence-electron chi connectivity index (χ1n) is 8.05. The van der Waals surface area contributed by atoms with E-state index >= 15 is 0 Å². The molecule has 22 heavy (non-hydrogen) atoms. The Morgan fingerprint density at radius 1 is 1.41 bits per heavy atom. The van der Waals surface area contributed by atoms with Gasteiger partial charge in [-0.25, -0.2) is 4.98 Å². The molecule has 120 valence electrons. The second-order valence-electron chi connectivity index (χ2n) is 6.70. The zero-order valence-corrected chi connectivity index (χ0v) is 14.6. The lowest BCUT2D eigenvalue weighted by Gasteiger charge is -2.29. The molecule has 0 spiro atoms. The summed E-state index contributed by atoms with van der Waals surface area (Å²) in [5.41, 5.74) is 1.42. The topological polar surface area (TPSA) is 24.3 Å². The van der Waals surface area contributed by atoms with Crippen LogP contribution in [0.15, 0.2) is 29.2 Å². The molecule has 2 aromatic rings. The molecule has 0 unspecified atom stereocenters. The Hall–Kier alpha value is -1.17. The highest BCUT2D eigenvalue weighted by Gasteiger charge is 2.24. The molecule has 3 heterocycles. The summed E-state index contributed by atoms with van der Waals surface area (Å²) in [7, 11) is 2.23. The fourth-order valence-electron chi connectivity index (χ4n) is 3.12. The van der Waals surface area contributed by atoms with Gasteiger partial charge in [0.2, 0.25) is 0 Å². The van der Waals surface area contributed by atoms with Gasteiger partial charge in [0.15, 0.2) is 0 Å². The zero-order chi connectivity index (χ0) is 15.5. The minimum absolute atomic E-state index is 0.593. The van der Waals surface area contributed by atoms with Gasteiger partial charge in [-0.05, 0) is 43.3 Å². The molecule has 0 N–H and O–H groups in total. The minimum Gasteiger partial charge on any atom is -0.333 e. The second kappa shape index (κ2) is 6.94. The van der Waals surface area contributed by atoms with Gasteiger partial charge in [0.25, 0.3) is 0 Å². The molecule has 0 aliphatic carbocycles. The Kier molecular flexibility index (Phi) is 4.96. The van der Waals surface area contributed by atoms with Gasteiger partial charge in [0.05, 0.1) is 6.54 Å². The molecule has 0 amide bonds. The van der Waals surface area contributed by atoms with Crippen LogP contribution < -0.4 is 0 Å². The van der Waals surface area contributed by atoms with Crippen LogP contribution in [0.3, 0.4) is 0 Å². The molecule has 0 radical (unpaired) electrons. The molecule has 0 aromatic carbocycles. The number of thiophene rings is 1. The maximum Gasteiger partial charge on any atom is 0.122 e. The fraction of sp³-hybridized carbons (Fsp3) is 0.588. The Morgan fingerprint density at radius 2 is 2.27 bits per heavy atom. The SMILES string of the molecule is CC(C)N(C)C[C@H]1CN(Cc2ccsc2)Cc2nccn2C1. The summed E-state index contributed by atoms with van der Waals surface area (Å²) in [4.78, 5) is 9.56. The number of rotatable bonds is 5. The summed E-state index contributed by atoms with van der Waals surface area (Å²) in [6.45, 7) is 9.85. The molecule has 3 rings (SSSR count). The smallest absolute Gasteiger partial charge is 0.122 e. The van der Waals surface area contributed by atoms with Crippen LogP contribution in [0.25, 0.3) is 0 Å². The lowest BCUT2D eigenvalue weighted by Crippen LogP contribution is -2.37. The highest BCUT2D eigenvalue weighted by atomic mass is 32.1. The van der Waals surface area contributed by atoms with Crippen molar-refractivity contribution in [3.8, 4) is 0 Å². The van der Waals surface area contributed by atoms with E-state index in [2.05, 4.69) is 63.3 Å². The number of hydrogen-bond donors (Lipinski definition) is 0. The van der Waals surface area contributed by atoms with Gasteiger partial charge < -0.3 is 9.47 Å². The Balaban J connectivity index is 1.74. The summed E-state index contributed by atoms with van der Waals surface area (Å²) in [6, 6.07) is 2.83. The number of imidazole rings is 1. The van der Waals surface area contributed by atoms with Crippen molar-refractivity contribution < 1.29 is 0 Å². The molecule has 5 heteroatoms. The molecule has 4 nitrogen and oxygen atoms in total. The van der Waals surface area contributed by atoms with E-state index in [1.165, 1.54) is 11.4 Å². The second-order valence-corrected chi connectivity index (χ2v) is 7.48. The third kappa shape index (κ3) is 3.77. The normalized spacial score (nSPS) is 19.6. The Morgan fingerprint density at radius 3 is 3.00 bits per heavy atom. The van der Waals surface area contributed by atoms with Crippen molar-refractivity contribution in [2.24, 2.45) is 5.92 Å². The van der Waals surface area contributed by atoms with Crippen molar-refractivity contribution in [1.29, 1.82) is 0 Å². The third-order valence-corrected chi connectivity index (χ3v) is 5.28. The average molecular weight is 318 g/mol. The molecular weight excluding hydrogens is 292 g/mol. The summed E-state index contributed by atoms with van der Waals surface area (Å²) in [6.07, 6.45) is 4.07. The van der Waals surface area contributed by atoms with Crippen LogP contribution >= 0.6 is 11.3 Å². The van der Waals surface area contributed by atoms with E-state index in [-0.39, 0.29) is 0 Å². The number of hydrogen-bond acceptors (Lipinski definition) is 4. The van der Waals surface area contributed by atoms with E-state index in [4.69, 9.17) is 0 Å². The first-order chi connectivity index (χ1) is 10.6. The van der Waals surface area contributed by atoms with Crippen molar-refractivity contribution in [1.82, 2.24) is 19.4 Å². The largest absolute Gasteiger partial charge is 0.333 e. The number of aromatic nitrogens is 2. The Labute approximate surface area is 137 Å². The fourth-order valence-corrected chi connectivity index (χ4v) is 3.78. The van der Waals surface area contributed by atoms with Crippen molar-refractivity contribution >= 4 is 11.3 Å². The van der Waals surface area contributed by atoms with Gasteiger partial charge in [0.1, 0.15) is 5.82 Å². The average Bonchev–Trinajstić information content (AvgIpc) is 3.08. The zero-order valence-electron chi connectivity index (χ0n) is 13.8. The van der Waals surface area contributed by atoms with E-state index in [1.54, 1.807) is 11.3 Å². The first kappa shape index (κ1) is 15.7. The summed E-state index contributed by atoms with van der Waals surface area (Å²) < 4.78 is 2.34. The van der Waals surface area contributed by atoms with Crippen LogP contribution in [0.4, 0.5) is 0 Å². The molecule has 0 saturated carbocycles. The van der Waals surface area contributed by atoms with Gasteiger partial charge in [-0.1, -0.05) is 0 Å². The van der Waals surface area contributed by atoms with E-state index < -0.39 is 0 Å². The third-order valence-electron chi connectivity index (χ3n) is 4.55. The maximum absolute atomic E-state index is 4.56. The van der Waals surface area contributed by atoms with Crippen LogP contribution in [0.2, 0.25) is 0 Å². The summed E-state index contributed by atoms with van der Waals surface area (Å²) in [5, 5.41) is 4.42. The van der Waals surface area contributed by atoms with Crippen LogP contribution in [0.5, 0.6) is 0 Å². The number of nitrogens with zero attached hydrogens (tertiary/aromatic N) is 4. The predicted molar refractivity (Wildman–Crippen MR) is 91.9 cm³/mol. The highest BCUT2D eigenvalue weighted by Crippen LogP contribution is 2.19. The van der Waals surface area contributed by atoms with E-state index in [0.717, 1.165) is 32.7 Å². The monoisotopic (exact) mass is 318 g/mol. The predicted octanol–water partition coefficient (Wildman–Crippen LogP) is 2.92. The van der Waals surface area contributed by atoms with Crippen LogP contribution in [-0.4, -0.2) is 45.5 Å². The first-order valence-corrected chi connectivity index (χ1v) is 8.99. The summed E-state index contributed by atoms with van der Waals surface area (Å²) >= 11 is 1.78. The molecule has 1 aliphatic rings. The molecule has 0 saturated heterocycles. The molecule has 1 aliphatic heterocycles.